The maximum Gasteiger partial charge on any atom is 0.292 e. The van der Waals surface area contributed by atoms with Gasteiger partial charge in [-0.05, 0) is 44.0 Å². The first-order chi connectivity index (χ1) is 15.5. The number of rotatable bonds is 2. The van der Waals surface area contributed by atoms with Crippen molar-refractivity contribution in [2.45, 2.75) is 37.3 Å². The molecule has 1 aromatic carbocycles. The van der Waals surface area contributed by atoms with E-state index in [1.54, 1.807) is 13.2 Å². The number of aryl methyl sites for hydroxylation is 1. The second-order valence-corrected chi connectivity index (χ2v) is 9.13. The minimum atomic E-state index is -0.308. The van der Waals surface area contributed by atoms with E-state index < -0.39 is 0 Å². The summed E-state index contributed by atoms with van der Waals surface area (Å²) in [4.78, 5) is 14.6. The van der Waals surface area contributed by atoms with Crippen molar-refractivity contribution in [1.29, 1.82) is 0 Å². The summed E-state index contributed by atoms with van der Waals surface area (Å²) in [5, 5.41) is 7.63. The van der Waals surface area contributed by atoms with Crippen LogP contribution >= 0.6 is 0 Å². The Bertz CT molecular complexity index is 1190. The van der Waals surface area contributed by atoms with Gasteiger partial charge in [-0.3, -0.25) is 4.79 Å². The summed E-state index contributed by atoms with van der Waals surface area (Å²) in [7, 11) is 1.68. The van der Waals surface area contributed by atoms with Crippen LogP contribution in [0.3, 0.4) is 0 Å². The number of ether oxygens (including phenoxy) is 2. The molecule has 8 heteroatoms. The molecule has 5 heterocycles. The lowest BCUT2D eigenvalue weighted by atomic mass is 9.79. The van der Waals surface area contributed by atoms with Gasteiger partial charge in [-0.15, -0.1) is 0 Å². The SMILES string of the molecule is COc1ccc2c(c1)N[C@@]1(COC3(CCN(C(=O)c4cc(C)no4)CC3)C1)c1cccn1-2. The van der Waals surface area contributed by atoms with E-state index in [-0.39, 0.29) is 17.0 Å². The summed E-state index contributed by atoms with van der Waals surface area (Å²) in [6.45, 7) is 3.68. The molecule has 1 atom stereocenters. The Labute approximate surface area is 186 Å². The van der Waals surface area contributed by atoms with Gasteiger partial charge in [0.15, 0.2) is 0 Å². The number of nitrogens with zero attached hydrogens (tertiary/aromatic N) is 3. The van der Waals surface area contributed by atoms with Crippen molar-refractivity contribution in [1.82, 2.24) is 14.6 Å². The number of aromatic nitrogens is 2. The van der Waals surface area contributed by atoms with Gasteiger partial charge in [0.05, 0.1) is 42.1 Å². The molecule has 0 unspecified atom stereocenters. The molecule has 2 spiro atoms. The van der Waals surface area contributed by atoms with Crippen molar-refractivity contribution < 1.29 is 18.8 Å². The molecule has 3 aromatic rings. The van der Waals surface area contributed by atoms with Crippen LogP contribution < -0.4 is 10.1 Å². The van der Waals surface area contributed by atoms with E-state index >= 15 is 0 Å². The topological polar surface area (TPSA) is 81.8 Å². The Kier molecular flexibility index (Phi) is 4.17. The Hall–Kier alpha value is -3.26. The second-order valence-electron chi connectivity index (χ2n) is 9.13. The van der Waals surface area contributed by atoms with Crippen molar-refractivity contribution in [3.8, 4) is 11.4 Å². The number of anilines is 1. The number of nitrogens with one attached hydrogen (secondary N) is 1. The van der Waals surface area contributed by atoms with Crippen LogP contribution in [0, 0.1) is 6.92 Å². The maximum atomic E-state index is 12.8. The summed E-state index contributed by atoms with van der Waals surface area (Å²) in [6, 6.07) is 12.1. The molecule has 2 fully saturated rings. The molecule has 6 rings (SSSR count). The monoisotopic (exact) mass is 434 g/mol. The van der Waals surface area contributed by atoms with E-state index in [2.05, 4.69) is 39.4 Å². The Morgan fingerprint density at radius 2 is 2.06 bits per heavy atom. The van der Waals surface area contributed by atoms with Crippen LogP contribution in [0.25, 0.3) is 5.69 Å². The fourth-order valence-corrected chi connectivity index (χ4v) is 5.49. The maximum absolute atomic E-state index is 12.8. The first kappa shape index (κ1) is 19.4. The lowest BCUT2D eigenvalue weighted by Crippen LogP contribution is -2.48. The third-order valence-electron chi connectivity index (χ3n) is 7.13. The molecule has 3 aliphatic heterocycles. The quantitative estimate of drug-likeness (QED) is 0.665. The third kappa shape index (κ3) is 2.86. The highest BCUT2D eigenvalue weighted by Crippen LogP contribution is 2.50. The van der Waals surface area contributed by atoms with Gasteiger partial charge < -0.3 is 28.8 Å². The van der Waals surface area contributed by atoms with E-state index in [1.807, 2.05) is 24.0 Å². The highest BCUT2D eigenvalue weighted by molar-refractivity contribution is 5.91. The number of carbonyl (C=O) groups is 1. The molecule has 3 aliphatic rings. The van der Waals surface area contributed by atoms with Crippen molar-refractivity contribution >= 4 is 11.6 Å². The highest BCUT2D eigenvalue weighted by Gasteiger charge is 2.54. The molecule has 1 amide bonds. The highest BCUT2D eigenvalue weighted by atomic mass is 16.5. The van der Waals surface area contributed by atoms with Crippen LogP contribution in [0.4, 0.5) is 5.69 Å². The number of likely N-dealkylation sites (tertiary alicyclic amines) is 1. The minimum Gasteiger partial charge on any atom is -0.497 e. The normalized spacial score (nSPS) is 23.1. The molecule has 0 bridgehead atoms. The molecule has 166 valence electrons. The lowest BCUT2D eigenvalue weighted by Gasteiger charge is -2.41. The van der Waals surface area contributed by atoms with Crippen LogP contribution in [0.2, 0.25) is 0 Å². The van der Waals surface area contributed by atoms with Gasteiger partial charge in [-0.2, -0.15) is 0 Å². The summed E-state index contributed by atoms with van der Waals surface area (Å²) in [5.74, 6) is 1.03. The molecular formula is C24H26N4O4. The summed E-state index contributed by atoms with van der Waals surface area (Å²) < 4.78 is 19.4. The Morgan fingerprint density at radius 3 is 2.81 bits per heavy atom. The molecule has 0 radical (unpaired) electrons. The fraction of sp³-hybridized carbons (Fsp3) is 0.417. The Morgan fingerprint density at radius 1 is 1.22 bits per heavy atom. The second kappa shape index (κ2) is 6.87. The van der Waals surface area contributed by atoms with Gasteiger partial charge in [0, 0.05) is 37.8 Å². The van der Waals surface area contributed by atoms with Crippen LogP contribution in [-0.4, -0.2) is 52.9 Å². The first-order valence-corrected chi connectivity index (χ1v) is 11.0. The standard InChI is InChI=1S/C24H26N4O4/c1-16-12-20(32-26-16)22(29)27-10-7-23(8-11-27)14-24(15-31-23)21-4-3-9-28(21)19-6-5-17(30-2)13-18(19)25-24/h3-6,9,12-13,25H,7-8,10-11,14-15H2,1-2H3/t24-/m0/s1. The number of fused-ring (bicyclic) bond motifs is 4. The van der Waals surface area contributed by atoms with Crippen molar-refractivity contribution in [2.75, 3.05) is 32.1 Å². The number of piperidine rings is 1. The van der Waals surface area contributed by atoms with Crippen LogP contribution in [0.5, 0.6) is 5.75 Å². The number of carbonyl (C=O) groups excluding carboxylic acids is 1. The fourth-order valence-electron chi connectivity index (χ4n) is 5.49. The summed E-state index contributed by atoms with van der Waals surface area (Å²) >= 11 is 0. The minimum absolute atomic E-state index is 0.0983. The number of methoxy groups -OCH3 is 1. The van der Waals surface area contributed by atoms with Gasteiger partial charge in [-0.1, -0.05) is 5.16 Å². The third-order valence-corrected chi connectivity index (χ3v) is 7.13. The zero-order valence-electron chi connectivity index (χ0n) is 18.3. The van der Waals surface area contributed by atoms with E-state index in [1.165, 1.54) is 5.69 Å². The molecule has 0 aliphatic carbocycles. The molecule has 2 saturated heterocycles. The summed E-state index contributed by atoms with van der Waals surface area (Å²) in [6.07, 6.45) is 4.54. The molecule has 1 N–H and O–H groups in total. The smallest absolute Gasteiger partial charge is 0.292 e. The first-order valence-electron chi connectivity index (χ1n) is 11.0. The van der Waals surface area contributed by atoms with E-state index in [9.17, 15) is 4.79 Å². The molecule has 32 heavy (non-hydrogen) atoms. The number of benzene rings is 1. The van der Waals surface area contributed by atoms with Gasteiger partial charge in [0.25, 0.3) is 5.91 Å². The van der Waals surface area contributed by atoms with Crippen LogP contribution in [-0.2, 0) is 10.3 Å². The van der Waals surface area contributed by atoms with E-state index in [4.69, 9.17) is 14.0 Å². The lowest BCUT2D eigenvalue weighted by molar-refractivity contribution is -0.0397. The zero-order chi connectivity index (χ0) is 21.9. The van der Waals surface area contributed by atoms with E-state index in [0.29, 0.717) is 31.2 Å². The number of hydrogen-bond acceptors (Lipinski definition) is 6. The Balaban J connectivity index is 1.24. The van der Waals surface area contributed by atoms with Gasteiger partial charge in [0.2, 0.25) is 5.76 Å². The molecular weight excluding hydrogens is 408 g/mol. The van der Waals surface area contributed by atoms with Crippen molar-refractivity contribution in [2.24, 2.45) is 0 Å². The molecule has 0 saturated carbocycles. The predicted octanol–water partition coefficient (Wildman–Crippen LogP) is 3.50. The number of amides is 1. The largest absolute Gasteiger partial charge is 0.497 e. The van der Waals surface area contributed by atoms with Gasteiger partial charge in [-0.25, -0.2) is 0 Å². The number of hydrogen-bond donors (Lipinski definition) is 1. The van der Waals surface area contributed by atoms with E-state index in [0.717, 1.165) is 36.4 Å². The van der Waals surface area contributed by atoms with Gasteiger partial charge >= 0.3 is 0 Å². The molecule has 2 aromatic heterocycles. The van der Waals surface area contributed by atoms with Crippen LogP contribution in [0.15, 0.2) is 47.1 Å². The van der Waals surface area contributed by atoms with Gasteiger partial charge in [0.1, 0.15) is 11.3 Å². The van der Waals surface area contributed by atoms with Crippen molar-refractivity contribution in [3.63, 3.8) is 0 Å². The predicted molar refractivity (Wildman–Crippen MR) is 117 cm³/mol. The summed E-state index contributed by atoms with van der Waals surface area (Å²) in [5.41, 5.74) is 3.51. The van der Waals surface area contributed by atoms with Crippen molar-refractivity contribution in [3.05, 3.63) is 59.7 Å². The molecule has 8 nitrogen and oxygen atoms in total. The average molecular weight is 434 g/mol. The zero-order valence-corrected chi connectivity index (χ0v) is 18.3. The average Bonchev–Trinajstić information content (AvgIpc) is 3.54. The van der Waals surface area contributed by atoms with Crippen LogP contribution in [0.1, 0.15) is 41.2 Å².